The maximum absolute atomic E-state index is 8.41. The van der Waals surface area contributed by atoms with E-state index in [1.54, 1.807) is 6.92 Å². The smallest absolute Gasteiger partial charge is 0.323 e. The summed E-state index contributed by atoms with van der Waals surface area (Å²) < 4.78 is 0. The summed E-state index contributed by atoms with van der Waals surface area (Å²) >= 11 is 0. The van der Waals surface area contributed by atoms with Crippen molar-refractivity contribution in [3.05, 3.63) is 5.82 Å². The number of aromatic hydroxyl groups is 3. The zero-order chi connectivity index (χ0) is 20.6. The Balaban J connectivity index is 0.000000202. The predicted molar refractivity (Wildman–Crippen MR) is 91.3 cm³/mol. The Labute approximate surface area is 150 Å². The van der Waals surface area contributed by atoms with E-state index in [-0.39, 0.29) is 29.7 Å². The third kappa shape index (κ3) is 8.19. The van der Waals surface area contributed by atoms with E-state index in [1.807, 2.05) is 0 Å². The minimum absolute atomic E-state index is 0.0417. The number of hydrogen-bond acceptors (Lipinski definition) is 17. The Hall–Kier alpha value is -4.57. The van der Waals surface area contributed by atoms with Crippen LogP contribution in [0.25, 0.3) is 0 Å². The molecule has 17 heteroatoms. The highest BCUT2D eigenvalue weighted by molar-refractivity contribution is 5.33. The molecule has 13 N–H and O–H groups in total. The normalized spacial score (nSPS) is 9.37. The number of hydrogen-bond donors (Lipinski definition) is 8. The lowest BCUT2D eigenvalue weighted by Crippen LogP contribution is -2.05. The minimum atomic E-state index is -0.708. The molecule has 0 aliphatic carbocycles. The predicted octanol–water partition coefficient (Wildman–Crippen LogP) is -3.05. The second-order valence-corrected chi connectivity index (χ2v) is 4.24. The van der Waals surface area contributed by atoms with Crippen LogP contribution in [-0.4, -0.2) is 60.2 Å². The molecular weight excluding hydrogens is 364 g/mol. The summed E-state index contributed by atoms with van der Waals surface area (Å²) in [5, 5.41) is 25.2. The van der Waals surface area contributed by atoms with Crippen LogP contribution in [0, 0.1) is 6.92 Å². The number of aromatic nitrogens is 9. The second kappa shape index (κ2) is 9.05. The van der Waals surface area contributed by atoms with Crippen molar-refractivity contribution < 1.29 is 15.3 Å². The molecule has 3 rings (SSSR count). The third-order valence-corrected chi connectivity index (χ3v) is 2.07. The Kier molecular flexibility index (Phi) is 6.87. The molecule has 0 fully saturated rings. The van der Waals surface area contributed by atoms with Crippen LogP contribution in [0.2, 0.25) is 0 Å². The van der Waals surface area contributed by atoms with Crippen LogP contribution in [0.1, 0.15) is 5.82 Å². The third-order valence-electron chi connectivity index (χ3n) is 2.07. The van der Waals surface area contributed by atoms with Gasteiger partial charge in [0, 0.05) is 0 Å². The summed E-state index contributed by atoms with van der Waals surface area (Å²) in [5.74, 6) is 1.00. The van der Waals surface area contributed by atoms with Gasteiger partial charge in [-0.3, -0.25) is 0 Å². The van der Waals surface area contributed by atoms with Gasteiger partial charge in [-0.25, -0.2) is 0 Å². The fraction of sp³-hybridized carbons (Fsp3) is 0.100. The molecule has 0 aromatic carbocycles. The summed E-state index contributed by atoms with van der Waals surface area (Å²) in [6.07, 6.45) is 0. The molecular formula is C10H16N14O3. The molecule has 17 nitrogen and oxygen atoms in total. The van der Waals surface area contributed by atoms with Gasteiger partial charge < -0.3 is 44.0 Å². The summed E-state index contributed by atoms with van der Waals surface area (Å²) in [6, 6.07) is -2.12. The van der Waals surface area contributed by atoms with E-state index in [2.05, 4.69) is 44.9 Å². The molecule has 0 saturated carbocycles. The van der Waals surface area contributed by atoms with Crippen LogP contribution >= 0.6 is 0 Å². The number of nitrogens with zero attached hydrogens (tertiary/aromatic N) is 9. The highest BCUT2D eigenvalue weighted by atomic mass is 16.3. The summed E-state index contributed by atoms with van der Waals surface area (Å²) in [7, 11) is 0. The van der Waals surface area contributed by atoms with E-state index in [4.69, 9.17) is 44.0 Å². The van der Waals surface area contributed by atoms with Gasteiger partial charge in [0.1, 0.15) is 5.82 Å². The van der Waals surface area contributed by atoms with E-state index >= 15 is 0 Å². The Bertz CT molecular complexity index is 637. The highest BCUT2D eigenvalue weighted by Gasteiger charge is 1.99. The molecule has 0 saturated heterocycles. The molecule has 3 heterocycles. The highest BCUT2D eigenvalue weighted by Crippen LogP contribution is 2.08. The molecule has 0 aliphatic heterocycles. The molecule has 0 aliphatic rings. The van der Waals surface area contributed by atoms with Gasteiger partial charge in [-0.15, -0.1) is 15.0 Å². The fourth-order valence-electron chi connectivity index (χ4n) is 1.29. The lowest BCUT2D eigenvalue weighted by atomic mass is 10.7. The zero-order valence-corrected chi connectivity index (χ0v) is 13.8. The Morgan fingerprint density at radius 2 is 0.667 bits per heavy atom. The van der Waals surface area contributed by atoms with Gasteiger partial charge in [0.15, 0.2) is 0 Å². The van der Waals surface area contributed by atoms with Crippen molar-refractivity contribution >= 4 is 29.7 Å². The Morgan fingerprint density at radius 3 is 0.889 bits per heavy atom. The van der Waals surface area contributed by atoms with Crippen molar-refractivity contribution in [1.82, 2.24) is 44.9 Å². The first-order valence-electron chi connectivity index (χ1n) is 6.64. The van der Waals surface area contributed by atoms with Gasteiger partial charge in [0.05, 0.1) is 0 Å². The van der Waals surface area contributed by atoms with Crippen LogP contribution < -0.4 is 28.7 Å². The monoisotopic (exact) mass is 380 g/mol. The molecule has 3 aromatic heterocycles. The molecule has 0 bridgehead atoms. The average Bonchev–Trinajstić information content (AvgIpc) is 2.43. The average molecular weight is 380 g/mol. The van der Waals surface area contributed by atoms with Crippen LogP contribution in [-0.2, 0) is 0 Å². The topological polar surface area (TPSA) is 307 Å². The van der Waals surface area contributed by atoms with Crippen molar-refractivity contribution in [3.63, 3.8) is 0 Å². The van der Waals surface area contributed by atoms with Crippen LogP contribution in [0.5, 0.6) is 18.0 Å². The van der Waals surface area contributed by atoms with Crippen molar-refractivity contribution in [2.45, 2.75) is 6.92 Å². The number of rotatable bonds is 0. The molecule has 144 valence electrons. The van der Waals surface area contributed by atoms with Gasteiger partial charge in [-0.05, 0) is 6.92 Å². The molecule has 3 aromatic rings. The van der Waals surface area contributed by atoms with Gasteiger partial charge in [0.25, 0.3) is 0 Å². The van der Waals surface area contributed by atoms with Crippen LogP contribution in [0.4, 0.5) is 29.7 Å². The van der Waals surface area contributed by atoms with E-state index in [1.165, 1.54) is 0 Å². The van der Waals surface area contributed by atoms with E-state index in [0.29, 0.717) is 5.82 Å². The molecule has 0 atom stereocenters. The van der Waals surface area contributed by atoms with E-state index in [9.17, 15) is 0 Å². The number of anilines is 5. The van der Waals surface area contributed by atoms with Crippen molar-refractivity contribution in [2.24, 2.45) is 0 Å². The van der Waals surface area contributed by atoms with Crippen molar-refractivity contribution in [3.8, 4) is 18.0 Å². The van der Waals surface area contributed by atoms with Crippen LogP contribution in [0.15, 0.2) is 0 Å². The zero-order valence-electron chi connectivity index (χ0n) is 13.8. The SMILES string of the molecule is Cc1nc(N)nc(N)n1.Nc1nc(N)nc(N)n1.Oc1nc(O)nc(O)n1. The molecule has 0 unspecified atom stereocenters. The summed E-state index contributed by atoms with van der Waals surface area (Å²) in [6.45, 7) is 1.70. The van der Waals surface area contributed by atoms with Crippen molar-refractivity contribution in [1.29, 1.82) is 0 Å². The summed E-state index contributed by atoms with van der Waals surface area (Å²) in [5.41, 5.74) is 25.8. The Morgan fingerprint density at radius 1 is 0.444 bits per heavy atom. The van der Waals surface area contributed by atoms with E-state index in [0.717, 1.165) is 0 Å². The minimum Gasteiger partial charge on any atom is -0.479 e. The number of aryl methyl sites for hydroxylation is 1. The van der Waals surface area contributed by atoms with E-state index < -0.39 is 18.0 Å². The van der Waals surface area contributed by atoms with Gasteiger partial charge >= 0.3 is 18.0 Å². The maximum atomic E-state index is 8.41. The second-order valence-electron chi connectivity index (χ2n) is 4.24. The lowest BCUT2D eigenvalue weighted by molar-refractivity contribution is 0.344. The van der Waals surface area contributed by atoms with Gasteiger partial charge in [0.2, 0.25) is 29.7 Å². The fourth-order valence-corrected chi connectivity index (χ4v) is 1.29. The van der Waals surface area contributed by atoms with Gasteiger partial charge in [-0.2, -0.15) is 29.9 Å². The van der Waals surface area contributed by atoms with Crippen molar-refractivity contribution in [2.75, 3.05) is 28.7 Å². The lowest BCUT2D eigenvalue weighted by Gasteiger charge is -1.93. The largest absolute Gasteiger partial charge is 0.479 e. The quantitative estimate of drug-likeness (QED) is 0.192. The molecule has 27 heavy (non-hydrogen) atoms. The van der Waals surface area contributed by atoms with Crippen LogP contribution in [0.3, 0.4) is 0 Å². The van der Waals surface area contributed by atoms with Gasteiger partial charge in [-0.1, -0.05) is 0 Å². The number of nitrogens with two attached hydrogens (primary N) is 5. The molecule has 0 amide bonds. The standard InChI is InChI=1S/C4H7N5.C3H6N6.C3H3N3O3/c1-2-7-3(5)9-4(6)8-2;4-1-7-2(5)9-3(6)8-1;7-1-4-2(8)6-3(9)5-1/h1H3,(H4,5,6,7,8,9);(H6,4,5,6,7,8,9);(H3,4,5,6,7,8,9). The first-order chi connectivity index (χ1) is 12.5. The molecule has 0 radical (unpaired) electrons. The first kappa shape index (κ1) is 20.5. The summed E-state index contributed by atoms with van der Waals surface area (Å²) in [4.78, 5) is 30.3. The molecule has 0 spiro atoms. The number of nitrogen functional groups attached to an aromatic ring is 5. The first-order valence-corrected chi connectivity index (χ1v) is 6.64. The maximum Gasteiger partial charge on any atom is 0.323 e.